The van der Waals surface area contributed by atoms with Crippen LogP contribution in [0.4, 0.5) is 0 Å². The van der Waals surface area contributed by atoms with Gasteiger partial charge in [-0.3, -0.25) is 0 Å². The summed E-state index contributed by atoms with van der Waals surface area (Å²) >= 11 is 0. The van der Waals surface area contributed by atoms with E-state index in [9.17, 15) is 0 Å². The molecule has 0 fully saturated rings. The van der Waals surface area contributed by atoms with E-state index in [1.54, 1.807) is 0 Å². The second-order valence-corrected chi connectivity index (χ2v) is 7.18. The second kappa shape index (κ2) is 7.01. The van der Waals surface area contributed by atoms with Crippen LogP contribution < -0.4 is 43.7 Å². The van der Waals surface area contributed by atoms with Crippen molar-refractivity contribution < 1.29 is 0 Å². The number of hydrogen-bond acceptors (Lipinski definition) is 0. The molecule has 4 rings (SSSR count). The minimum atomic E-state index is 0.223. The van der Waals surface area contributed by atoms with Crippen LogP contribution in [0.15, 0.2) is 30.3 Å². The third-order valence-electron chi connectivity index (χ3n) is 5.63. The van der Waals surface area contributed by atoms with Crippen LogP contribution in [-0.2, 0) is 0 Å². The highest BCUT2D eigenvalue weighted by Gasteiger charge is 2.21. The van der Waals surface area contributed by atoms with Crippen molar-refractivity contribution in [1.82, 2.24) is 0 Å². The van der Waals surface area contributed by atoms with Crippen molar-refractivity contribution in [2.24, 2.45) is 0 Å². The number of rotatable bonds is 1. The van der Waals surface area contributed by atoms with Crippen molar-refractivity contribution in [1.29, 1.82) is 0 Å². The molecule has 4 aromatic rings. The first-order valence-corrected chi connectivity index (χ1v) is 8.97. The summed E-state index contributed by atoms with van der Waals surface area (Å²) in [5.41, 5.74) is 4.54. The molecule has 4 aromatic carbocycles. The molecule has 16 radical (unpaired) electrons. The highest BCUT2D eigenvalue weighted by atomic mass is 14.2. The van der Waals surface area contributed by atoms with E-state index in [-0.39, 0.29) is 21.9 Å². The Morgan fingerprint density at radius 1 is 0.448 bits per heavy atom. The Bertz CT molecular complexity index is 1250. The van der Waals surface area contributed by atoms with Crippen LogP contribution in [0.5, 0.6) is 0 Å². The highest BCUT2D eigenvalue weighted by Crippen LogP contribution is 2.35. The average molecular weight is 347 g/mol. The molecule has 0 bridgehead atoms. The number of hydrogen-bond donors (Lipinski definition) is 0. The van der Waals surface area contributed by atoms with E-state index < -0.39 is 0 Å². The van der Waals surface area contributed by atoms with Crippen molar-refractivity contribution in [2.75, 3.05) is 0 Å². The highest BCUT2D eigenvalue weighted by molar-refractivity contribution is 6.70. The van der Waals surface area contributed by atoms with Gasteiger partial charge in [0.05, 0.1) is 0 Å². The standard InChI is InChI=1S/C21H8B8/c1-7-9-12(16(24)20(28)18(26)14(9)22)11(8-5-3-2-4-6-8)13-10(7)15(23)19(27)21(29)17(13)25/h2-6H,1H3. The average Bonchev–Trinajstić information content (AvgIpc) is 2.72. The zero-order valence-electron chi connectivity index (χ0n) is 16.0. The molecular weight excluding hydrogens is 339 g/mol. The topological polar surface area (TPSA) is 0 Å². The van der Waals surface area contributed by atoms with Gasteiger partial charge in [0.25, 0.3) is 0 Å². The molecular formula is C21H8B8. The van der Waals surface area contributed by atoms with E-state index in [0.717, 1.165) is 16.7 Å². The predicted molar refractivity (Wildman–Crippen MR) is 135 cm³/mol. The zero-order valence-corrected chi connectivity index (χ0v) is 16.0. The molecule has 0 saturated carbocycles. The number of aryl methyl sites for hydroxylation is 1. The van der Waals surface area contributed by atoms with E-state index in [1.807, 2.05) is 37.3 Å². The summed E-state index contributed by atoms with van der Waals surface area (Å²) in [5, 5.41) is 2.63. The molecule has 0 unspecified atom stereocenters. The molecule has 0 aliphatic carbocycles. The van der Waals surface area contributed by atoms with Crippen LogP contribution in [0.1, 0.15) is 5.56 Å². The lowest BCUT2D eigenvalue weighted by Gasteiger charge is -2.27. The summed E-state index contributed by atoms with van der Waals surface area (Å²) in [6.45, 7) is 1.87. The second-order valence-electron chi connectivity index (χ2n) is 7.18. The molecule has 8 heteroatoms. The van der Waals surface area contributed by atoms with E-state index >= 15 is 0 Å². The van der Waals surface area contributed by atoms with Crippen molar-refractivity contribution in [3.05, 3.63) is 35.9 Å². The van der Waals surface area contributed by atoms with E-state index in [0.29, 0.717) is 43.4 Å². The van der Waals surface area contributed by atoms with Gasteiger partial charge < -0.3 is 0 Å². The maximum Gasteiger partial charge on any atom is 0.113 e. The Morgan fingerprint density at radius 2 is 0.793 bits per heavy atom. The number of fused-ring (bicyclic) bond motifs is 2. The fourth-order valence-electron chi connectivity index (χ4n) is 4.10. The summed E-state index contributed by atoms with van der Waals surface area (Å²) in [4.78, 5) is 0. The summed E-state index contributed by atoms with van der Waals surface area (Å²) in [6.07, 6.45) is 0. The Morgan fingerprint density at radius 3 is 1.17 bits per heavy atom. The van der Waals surface area contributed by atoms with Crippen molar-refractivity contribution in [2.45, 2.75) is 6.92 Å². The van der Waals surface area contributed by atoms with Gasteiger partial charge >= 0.3 is 0 Å². The van der Waals surface area contributed by atoms with Crippen LogP contribution in [0.25, 0.3) is 32.7 Å². The lowest BCUT2D eigenvalue weighted by molar-refractivity contribution is 1.61. The molecule has 0 aliphatic rings. The van der Waals surface area contributed by atoms with Gasteiger partial charge in [-0.25, -0.2) is 0 Å². The fourth-order valence-corrected chi connectivity index (χ4v) is 4.10. The predicted octanol–water partition coefficient (Wildman–Crippen LogP) is -3.68. The molecule has 116 valence electrons. The third kappa shape index (κ3) is 2.71. The lowest BCUT2D eigenvalue weighted by Crippen LogP contribution is -2.50. The first-order chi connectivity index (χ1) is 13.7. The Balaban J connectivity index is 2.49. The Hall–Kier alpha value is -2.08. The normalized spacial score (nSPS) is 11.3. The first-order valence-electron chi connectivity index (χ1n) is 8.97. The SMILES string of the molecule is [B]c1c([B])c([B])c2c(-c3ccccc3)c3c([B])c([B])c([B])c([B])c3c(C)c2c1[B]. The van der Waals surface area contributed by atoms with Crippen LogP contribution in [-0.4, -0.2) is 62.8 Å². The van der Waals surface area contributed by atoms with Gasteiger partial charge in [0.1, 0.15) is 62.8 Å². The monoisotopic (exact) mass is 348 g/mol. The van der Waals surface area contributed by atoms with Crippen molar-refractivity contribution >= 4 is 128 Å². The smallest absolute Gasteiger partial charge is 0.110 e. The maximum absolute atomic E-state index is 6.45. The first kappa shape index (κ1) is 20.2. The van der Waals surface area contributed by atoms with Gasteiger partial charge in [-0.05, 0) is 45.2 Å². The van der Waals surface area contributed by atoms with E-state index in [4.69, 9.17) is 62.8 Å². The van der Waals surface area contributed by atoms with Gasteiger partial charge in [-0.2, -0.15) is 0 Å². The molecule has 0 nitrogen and oxygen atoms in total. The van der Waals surface area contributed by atoms with Crippen LogP contribution in [0.3, 0.4) is 0 Å². The molecule has 0 saturated heterocycles. The van der Waals surface area contributed by atoms with Crippen molar-refractivity contribution in [3.63, 3.8) is 0 Å². The van der Waals surface area contributed by atoms with E-state index in [1.165, 1.54) is 0 Å². The summed E-state index contributed by atoms with van der Waals surface area (Å²) in [5.74, 6) is 0. The Labute approximate surface area is 181 Å². The maximum atomic E-state index is 6.45. The molecule has 29 heavy (non-hydrogen) atoms. The van der Waals surface area contributed by atoms with Gasteiger partial charge in [-0.15, -0.1) is 21.9 Å². The zero-order chi connectivity index (χ0) is 21.2. The van der Waals surface area contributed by atoms with Crippen LogP contribution in [0, 0.1) is 6.92 Å². The van der Waals surface area contributed by atoms with Crippen LogP contribution in [0.2, 0.25) is 0 Å². The lowest BCUT2D eigenvalue weighted by atomic mass is 9.60. The quantitative estimate of drug-likeness (QED) is 0.246. The fraction of sp³-hybridized carbons (Fsp3) is 0.0476. The third-order valence-corrected chi connectivity index (χ3v) is 5.63. The van der Waals surface area contributed by atoms with Gasteiger partial charge in [0.15, 0.2) is 0 Å². The number of benzene rings is 4. The summed E-state index contributed by atoms with van der Waals surface area (Å²) in [7, 11) is 50.3. The summed E-state index contributed by atoms with van der Waals surface area (Å²) in [6, 6.07) is 9.61. The Kier molecular flexibility index (Phi) is 4.88. The minimum Gasteiger partial charge on any atom is -0.110 e. The molecule has 0 atom stereocenters. The molecule has 0 amide bonds. The summed E-state index contributed by atoms with van der Waals surface area (Å²) < 4.78 is 0. The molecule has 0 heterocycles. The van der Waals surface area contributed by atoms with E-state index in [2.05, 4.69) is 0 Å². The van der Waals surface area contributed by atoms with Crippen LogP contribution >= 0.6 is 0 Å². The van der Waals surface area contributed by atoms with Crippen molar-refractivity contribution in [3.8, 4) is 11.1 Å². The van der Waals surface area contributed by atoms with Gasteiger partial charge in [0.2, 0.25) is 0 Å². The van der Waals surface area contributed by atoms with Gasteiger partial charge in [-0.1, -0.05) is 52.2 Å². The molecule has 0 spiro atoms. The molecule has 0 aliphatic heterocycles. The minimum absolute atomic E-state index is 0.223. The molecule has 0 N–H and O–H groups in total. The van der Waals surface area contributed by atoms with Gasteiger partial charge in [0, 0.05) is 0 Å². The molecule has 0 aromatic heterocycles. The largest absolute Gasteiger partial charge is 0.113 e.